The summed E-state index contributed by atoms with van der Waals surface area (Å²) in [5.41, 5.74) is 1.46. The highest BCUT2D eigenvalue weighted by Crippen LogP contribution is 2.24. The molecule has 0 saturated heterocycles. The minimum Gasteiger partial charge on any atom is -0.375 e. The second-order valence-electron chi connectivity index (χ2n) is 3.87. The molecule has 5 heteroatoms. The molecule has 2 aromatic rings. The molecule has 0 bridgehead atoms. The first-order valence-electron chi connectivity index (χ1n) is 5.37. The largest absolute Gasteiger partial charge is 0.375 e. The van der Waals surface area contributed by atoms with Crippen molar-refractivity contribution in [1.82, 2.24) is 4.98 Å². The maximum Gasteiger partial charge on any atom is 0.150 e. The number of hydrogen-bond donors (Lipinski definition) is 1. The van der Waals surface area contributed by atoms with E-state index in [9.17, 15) is 8.78 Å². The van der Waals surface area contributed by atoms with E-state index < -0.39 is 11.6 Å². The standard InChI is InChI=1S/C13H11BrF2N2/c1-8-3-2-4-10(18-8)7-17-13-11(15)5-9(14)6-12(13)16/h2-6,17H,7H2,1H3. The summed E-state index contributed by atoms with van der Waals surface area (Å²) in [5, 5.41) is 2.72. The number of aromatic nitrogens is 1. The van der Waals surface area contributed by atoms with E-state index in [4.69, 9.17) is 0 Å². The Morgan fingerprint density at radius 2 is 1.89 bits per heavy atom. The molecule has 0 aliphatic rings. The third kappa shape index (κ3) is 3.04. The van der Waals surface area contributed by atoms with Crippen LogP contribution in [0.1, 0.15) is 11.4 Å². The topological polar surface area (TPSA) is 24.9 Å². The van der Waals surface area contributed by atoms with Crippen molar-refractivity contribution in [3.63, 3.8) is 0 Å². The smallest absolute Gasteiger partial charge is 0.150 e. The summed E-state index contributed by atoms with van der Waals surface area (Å²) in [6, 6.07) is 7.96. The van der Waals surface area contributed by atoms with Crippen LogP contribution in [-0.2, 0) is 6.54 Å². The molecule has 1 aromatic carbocycles. The van der Waals surface area contributed by atoms with Gasteiger partial charge >= 0.3 is 0 Å². The lowest BCUT2D eigenvalue weighted by atomic mass is 10.2. The van der Waals surface area contributed by atoms with Crippen LogP contribution in [0.15, 0.2) is 34.8 Å². The van der Waals surface area contributed by atoms with Crippen molar-refractivity contribution < 1.29 is 8.78 Å². The number of pyridine rings is 1. The van der Waals surface area contributed by atoms with Crippen LogP contribution in [-0.4, -0.2) is 4.98 Å². The molecule has 0 radical (unpaired) electrons. The summed E-state index contributed by atoms with van der Waals surface area (Å²) in [6.45, 7) is 2.14. The Balaban J connectivity index is 2.16. The van der Waals surface area contributed by atoms with Gasteiger partial charge in [0.1, 0.15) is 17.3 Å². The maximum absolute atomic E-state index is 13.5. The highest BCUT2D eigenvalue weighted by Gasteiger charge is 2.10. The Kier molecular flexibility index (Phi) is 3.91. The van der Waals surface area contributed by atoms with Gasteiger partial charge in [-0.05, 0) is 31.2 Å². The van der Waals surface area contributed by atoms with E-state index in [-0.39, 0.29) is 12.2 Å². The van der Waals surface area contributed by atoms with E-state index in [1.165, 1.54) is 12.1 Å². The minimum atomic E-state index is -0.630. The summed E-state index contributed by atoms with van der Waals surface area (Å²) >= 11 is 3.03. The lowest BCUT2D eigenvalue weighted by molar-refractivity contribution is 0.586. The van der Waals surface area contributed by atoms with Gasteiger partial charge < -0.3 is 5.32 Å². The number of halogens is 3. The molecule has 1 heterocycles. The van der Waals surface area contributed by atoms with Crippen LogP contribution in [0, 0.1) is 18.6 Å². The number of rotatable bonds is 3. The first kappa shape index (κ1) is 13.0. The van der Waals surface area contributed by atoms with E-state index in [2.05, 4.69) is 26.2 Å². The number of anilines is 1. The summed E-state index contributed by atoms with van der Waals surface area (Å²) in [4.78, 5) is 4.25. The van der Waals surface area contributed by atoms with Crippen molar-refractivity contribution in [2.24, 2.45) is 0 Å². The number of hydrogen-bond acceptors (Lipinski definition) is 2. The molecule has 0 amide bonds. The Morgan fingerprint density at radius 3 is 2.50 bits per heavy atom. The van der Waals surface area contributed by atoms with Crippen molar-refractivity contribution in [1.29, 1.82) is 0 Å². The molecule has 18 heavy (non-hydrogen) atoms. The average molecular weight is 313 g/mol. The molecule has 1 aromatic heterocycles. The Bertz CT molecular complexity index is 550. The van der Waals surface area contributed by atoms with Gasteiger partial charge in [-0.2, -0.15) is 0 Å². The maximum atomic E-state index is 13.5. The predicted molar refractivity (Wildman–Crippen MR) is 70.4 cm³/mol. The molecule has 0 unspecified atom stereocenters. The first-order chi connectivity index (χ1) is 8.56. The number of benzene rings is 1. The fourth-order valence-electron chi connectivity index (χ4n) is 1.59. The number of nitrogens with zero attached hydrogens (tertiary/aromatic N) is 1. The van der Waals surface area contributed by atoms with Gasteiger partial charge in [-0.25, -0.2) is 8.78 Å². The van der Waals surface area contributed by atoms with Crippen molar-refractivity contribution in [3.8, 4) is 0 Å². The van der Waals surface area contributed by atoms with Crippen LogP contribution in [0.3, 0.4) is 0 Å². The van der Waals surface area contributed by atoms with Crippen molar-refractivity contribution in [2.75, 3.05) is 5.32 Å². The summed E-state index contributed by atoms with van der Waals surface area (Å²) in [7, 11) is 0. The lowest BCUT2D eigenvalue weighted by Gasteiger charge is -2.09. The van der Waals surface area contributed by atoms with E-state index in [1.807, 2.05) is 19.1 Å². The normalized spacial score (nSPS) is 10.4. The van der Waals surface area contributed by atoms with Crippen LogP contribution in [0.5, 0.6) is 0 Å². The first-order valence-corrected chi connectivity index (χ1v) is 6.16. The zero-order chi connectivity index (χ0) is 13.1. The molecule has 0 atom stereocenters. The molecule has 0 spiro atoms. The number of aryl methyl sites for hydroxylation is 1. The van der Waals surface area contributed by atoms with Crippen molar-refractivity contribution in [2.45, 2.75) is 13.5 Å². The second-order valence-corrected chi connectivity index (χ2v) is 4.78. The van der Waals surface area contributed by atoms with Gasteiger partial charge in [-0.3, -0.25) is 4.98 Å². The summed E-state index contributed by atoms with van der Waals surface area (Å²) in [6.07, 6.45) is 0. The van der Waals surface area contributed by atoms with Gasteiger partial charge in [0.25, 0.3) is 0 Å². The van der Waals surface area contributed by atoms with Crippen LogP contribution >= 0.6 is 15.9 Å². The van der Waals surface area contributed by atoms with E-state index in [0.717, 1.165) is 11.4 Å². The lowest BCUT2D eigenvalue weighted by Crippen LogP contribution is -2.05. The third-order valence-corrected chi connectivity index (χ3v) is 2.86. The second kappa shape index (κ2) is 5.44. The Labute approximate surface area is 112 Å². The van der Waals surface area contributed by atoms with Crippen LogP contribution in [0.25, 0.3) is 0 Å². The Hall–Kier alpha value is -1.49. The molecule has 2 nitrogen and oxygen atoms in total. The van der Waals surface area contributed by atoms with Gasteiger partial charge in [-0.15, -0.1) is 0 Å². The van der Waals surface area contributed by atoms with Gasteiger partial charge in [0.05, 0.1) is 12.2 Å². The molecule has 0 fully saturated rings. The van der Waals surface area contributed by atoms with Gasteiger partial charge in [-0.1, -0.05) is 22.0 Å². The average Bonchev–Trinajstić information content (AvgIpc) is 2.27. The molecule has 1 N–H and O–H groups in total. The van der Waals surface area contributed by atoms with Crippen LogP contribution < -0.4 is 5.32 Å². The minimum absolute atomic E-state index is 0.137. The van der Waals surface area contributed by atoms with Crippen LogP contribution in [0.2, 0.25) is 0 Å². The highest BCUT2D eigenvalue weighted by atomic mass is 79.9. The molecule has 94 valence electrons. The van der Waals surface area contributed by atoms with Crippen molar-refractivity contribution >= 4 is 21.6 Å². The van der Waals surface area contributed by atoms with E-state index in [1.54, 1.807) is 6.07 Å². The van der Waals surface area contributed by atoms with E-state index in [0.29, 0.717) is 4.47 Å². The van der Waals surface area contributed by atoms with Gasteiger partial charge in [0, 0.05) is 10.2 Å². The molecular weight excluding hydrogens is 302 g/mol. The fraction of sp³-hybridized carbons (Fsp3) is 0.154. The quantitative estimate of drug-likeness (QED) is 0.925. The monoisotopic (exact) mass is 312 g/mol. The third-order valence-electron chi connectivity index (χ3n) is 2.40. The fourth-order valence-corrected chi connectivity index (χ4v) is 1.99. The van der Waals surface area contributed by atoms with Gasteiger partial charge in [0.15, 0.2) is 0 Å². The SMILES string of the molecule is Cc1cccc(CNc2c(F)cc(Br)cc2F)n1. The van der Waals surface area contributed by atoms with E-state index >= 15 is 0 Å². The highest BCUT2D eigenvalue weighted by molar-refractivity contribution is 9.10. The van der Waals surface area contributed by atoms with Crippen LogP contribution in [0.4, 0.5) is 14.5 Å². The molecule has 0 aliphatic carbocycles. The molecule has 0 saturated carbocycles. The summed E-state index contributed by atoms with van der Waals surface area (Å²) < 4.78 is 27.5. The number of nitrogens with one attached hydrogen (secondary N) is 1. The molecule has 2 rings (SSSR count). The predicted octanol–water partition coefficient (Wildman–Crippen LogP) is 4.04. The zero-order valence-corrected chi connectivity index (χ0v) is 11.3. The zero-order valence-electron chi connectivity index (χ0n) is 9.67. The molecular formula is C13H11BrF2N2. The van der Waals surface area contributed by atoms with Gasteiger partial charge in [0.2, 0.25) is 0 Å². The Morgan fingerprint density at radius 1 is 1.22 bits per heavy atom. The molecule has 0 aliphatic heterocycles. The van der Waals surface area contributed by atoms with Crippen molar-refractivity contribution in [3.05, 3.63) is 57.8 Å². The summed E-state index contributed by atoms with van der Waals surface area (Å²) in [5.74, 6) is -1.26.